The van der Waals surface area contributed by atoms with E-state index in [2.05, 4.69) is 4.98 Å². The Balaban J connectivity index is 2.58. The molecule has 0 radical (unpaired) electrons. The van der Waals surface area contributed by atoms with Crippen LogP contribution in [0, 0.1) is 0 Å². The Morgan fingerprint density at radius 1 is 1.07 bits per heavy atom. The minimum atomic E-state index is 0.0435. The zero-order chi connectivity index (χ0) is 10.7. The van der Waals surface area contributed by atoms with E-state index in [1.54, 1.807) is 25.3 Å². The Labute approximate surface area is 88.6 Å². The predicted octanol–water partition coefficient (Wildman–Crippen LogP) is 2.95. The van der Waals surface area contributed by atoms with Crippen LogP contribution in [0.5, 0.6) is 0 Å². The van der Waals surface area contributed by atoms with Crippen LogP contribution in [0.3, 0.4) is 0 Å². The maximum absolute atomic E-state index is 11.4. The second-order valence-electron chi connectivity index (χ2n) is 3.32. The first kappa shape index (κ1) is 9.59. The number of benzene rings is 1. The molecular formula is C13H11NO. The first-order valence-corrected chi connectivity index (χ1v) is 4.80. The van der Waals surface area contributed by atoms with Crippen LogP contribution in [0.25, 0.3) is 11.3 Å². The average Bonchev–Trinajstić information content (AvgIpc) is 2.30. The van der Waals surface area contributed by atoms with E-state index in [0.717, 1.165) is 11.3 Å². The zero-order valence-electron chi connectivity index (χ0n) is 8.47. The summed E-state index contributed by atoms with van der Waals surface area (Å²) in [4.78, 5) is 15.6. The van der Waals surface area contributed by atoms with Crippen LogP contribution in [0.1, 0.15) is 17.3 Å². The fraction of sp³-hybridized carbons (Fsp3) is 0.0769. The average molecular weight is 197 g/mol. The van der Waals surface area contributed by atoms with E-state index in [9.17, 15) is 4.79 Å². The molecule has 2 heteroatoms. The summed E-state index contributed by atoms with van der Waals surface area (Å²) in [5.74, 6) is 0.0435. The molecule has 0 bridgehead atoms. The highest BCUT2D eigenvalue weighted by atomic mass is 16.1. The van der Waals surface area contributed by atoms with Crippen LogP contribution in [-0.4, -0.2) is 10.8 Å². The smallest absolute Gasteiger partial charge is 0.161 e. The number of hydrogen-bond acceptors (Lipinski definition) is 2. The molecular weight excluding hydrogens is 186 g/mol. The molecule has 0 atom stereocenters. The monoisotopic (exact) mass is 197 g/mol. The third-order valence-corrected chi connectivity index (χ3v) is 2.23. The van der Waals surface area contributed by atoms with Gasteiger partial charge in [0.25, 0.3) is 0 Å². The van der Waals surface area contributed by atoms with Gasteiger partial charge in [0.05, 0.1) is 5.69 Å². The van der Waals surface area contributed by atoms with Crippen molar-refractivity contribution in [2.75, 3.05) is 0 Å². The van der Waals surface area contributed by atoms with Gasteiger partial charge in [-0.3, -0.25) is 9.78 Å². The largest absolute Gasteiger partial charge is 0.294 e. The van der Waals surface area contributed by atoms with Crippen molar-refractivity contribution in [1.29, 1.82) is 0 Å². The van der Waals surface area contributed by atoms with Gasteiger partial charge in [0.1, 0.15) is 0 Å². The fourth-order valence-corrected chi connectivity index (χ4v) is 1.52. The normalized spacial score (nSPS) is 9.93. The van der Waals surface area contributed by atoms with Crippen molar-refractivity contribution in [3.63, 3.8) is 0 Å². The van der Waals surface area contributed by atoms with Crippen molar-refractivity contribution in [2.24, 2.45) is 0 Å². The lowest BCUT2D eigenvalue weighted by atomic mass is 10.0. The molecule has 15 heavy (non-hydrogen) atoms. The lowest BCUT2D eigenvalue weighted by Crippen LogP contribution is -1.97. The minimum Gasteiger partial charge on any atom is -0.294 e. The lowest BCUT2D eigenvalue weighted by molar-refractivity contribution is 0.101. The van der Waals surface area contributed by atoms with Crippen molar-refractivity contribution in [3.8, 4) is 11.3 Å². The van der Waals surface area contributed by atoms with Crippen LogP contribution in [0.15, 0.2) is 48.7 Å². The van der Waals surface area contributed by atoms with Gasteiger partial charge in [-0.1, -0.05) is 30.3 Å². The molecule has 0 aliphatic heterocycles. The summed E-state index contributed by atoms with van der Waals surface area (Å²) in [7, 11) is 0. The first-order valence-electron chi connectivity index (χ1n) is 4.80. The number of carbonyl (C=O) groups excluding carboxylic acids is 1. The number of aromatic nitrogens is 1. The molecule has 0 aliphatic rings. The summed E-state index contributed by atoms with van der Waals surface area (Å²) in [5.41, 5.74) is 2.40. The van der Waals surface area contributed by atoms with Crippen LogP contribution < -0.4 is 0 Å². The van der Waals surface area contributed by atoms with Crippen molar-refractivity contribution in [3.05, 3.63) is 54.2 Å². The number of Topliss-reactive ketones (excluding diaryl/α,β-unsaturated/α-hetero) is 1. The maximum Gasteiger partial charge on any atom is 0.161 e. The van der Waals surface area contributed by atoms with Crippen molar-refractivity contribution in [1.82, 2.24) is 4.98 Å². The number of pyridine rings is 1. The molecule has 0 fully saturated rings. The highest BCUT2D eigenvalue weighted by molar-refractivity contribution is 5.99. The minimum absolute atomic E-state index is 0.0435. The molecule has 2 aromatic rings. The van der Waals surface area contributed by atoms with Crippen LogP contribution in [0.4, 0.5) is 0 Å². The number of carbonyl (C=O) groups is 1. The molecule has 1 aromatic carbocycles. The Hall–Kier alpha value is -1.96. The summed E-state index contributed by atoms with van der Waals surface area (Å²) >= 11 is 0. The molecule has 2 nitrogen and oxygen atoms in total. The second kappa shape index (κ2) is 4.05. The molecule has 0 saturated heterocycles. The lowest BCUT2D eigenvalue weighted by Gasteiger charge is -2.04. The molecule has 0 spiro atoms. The van der Waals surface area contributed by atoms with Gasteiger partial charge < -0.3 is 0 Å². The SMILES string of the molecule is CC(=O)c1cccnc1-c1ccccc1. The van der Waals surface area contributed by atoms with E-state index < -0.39 is 0 Å². The molecule has 1 aromatic heterocycles. The van der Waals surface area contributed by atoms with Crippen LogP contribution in [0.2, 0.25) is 0 Å². The van der Waals surface area contributed by atoms with Crippen LogP contribution >= 0.6 is 0 Å². The van der Waals surface area contributed by atoms with Gasteiger partial charge in [0.2, 0.25) is 0 Å². The summed E-state index contributed by atoms with van der Waals surface area (Å²) < 4.78 is 0. The van der Waals surface area contributed by atoms with Gasteiger partial charge in [-0.25, -0.2) is 0 Å². The van der Waals surface area contributed by atoms with Gasteiger partial charge in [0.15, 0.2) is 5.78 Å². The van der Waals surface area contributed by atoms with Crippen LogP contribution in [-0.2, 0) is 0 Å². The predicted molar refractivity (Wildman–Crippen MR) is 59.7 cm³/mol. The molecule has 0 N–H and O–H groups in total. The topological polar surface area (TPSA) is 30.0 Å². The quantitative estimate of drug-likeness (QED) is 0.693. The Bertz CT molecular complexity index is 477. The third kappa shape index (κ3) is 1.94. The number of rotatable bonds is 2. The fourth-order valence-electron chi connectivity index (χ4n) is 1.52. The third-order valence-electron chi connectivity index (χ3n) is 2.23. The second-order valence-corrected chi connectivity index (χ2v) is 3.32. The summed E-state index contributed by atoms with van der Waals surface area (Å²) in [5, 5.41) is 0. The summed E-state index contributed by atoms with van der Waals surface area (Å²) in [6.45, 7) is 1.56. The number of hydrogen-bond donors (Lipinski definition) is 0. The molecule has 0 unspecified atom stereocenters. The van der Waals surface area contributed by atoms with E-state index in [-0.39, 0.29) is 5.78 Å². The summed E-state index contributed by atoms with van der Waals surface area (Å²) in [6, 6.07) is 13.3. The molecule has 0 aliphatic carbocycles. The van der Waals surface area contributed by atoms with Gasteiger partial charge in [0, 0.05) is 17.3 Å². The van der Waals surface area contributed by atoms with Gasteiger partial charge in [-0.15, -0.1) is 0 Å². The van der Waals surface area contributed by atoms with Gasteiger partial charge >= 0.3 is 0 Å². The van der Waals surface area contributed by atoms with Crippen molar-refractivity contribution in [2.45, 2.75) is 6.92 Å². The zero-order valence-corrected chi connectivity index (χ0v) is 8.47. The molecule has 74 valence electrons. The van der Waals surface area contributed by atoms with Gasteiger partial charge in [-0.05, 0) is 19.1 Å². The number of nitrogens with zero attached hydrogens (tertiary/aromatic N) is 1. The van der Waals surface area contributed by atoms with Crippen molar-refractivity contribution >= 4 is 5.78 Å². The van der Waals surface area contributed by atoms with Crippen molar-refractivity contribution < 1.29 is 4.79 Å². The highest BCUT2D eigenvalue weighted by Crippen LogP contribution is 2.20. The molecule has 0 saturated carbocycles. The maximum atomic E-state index is 11.4. The molecule has 1 heterocycles. The van der Waals surface area contributed by atoms with E-state index in [0.29, 0.717) is 5.56 Å². The van der Waals surface area contributed by atoms with E-state index in [1.807, 2.05) is 30.3 Å². The number of ketones is 1. The Morgan fingerprint density at radius 2 is 1.80 bits per heavy atom. The highest BCUT2D eigenvalue weighted by Gasteiger charge is 2.08. The van der Waals surface area contributed by atoms with E-state index >= 15 is 0 Å². The molecule has 0 amide bonds. The standard InChI is InChI=1S/C13H11NO/c1-10(15)12-8-5-9-14-13(12)11-6-3-2-4-7-11/h2-9H,1H3. The van der Waals surface area contributed by atoms with E-state index in [4.69, 9.17) is 0 Å². The summed E-state index contributed by atoms with van der Waals surface area (Å²) in [6.07, 6.45) is 1.70. The Kier molecular flexibility index (Phi) is 2.59. The first-order chi connectivity index (χ1) is 7.29. The Morgan fingerprint density at radius 3 is 2.47 bits per heavy atom. The van der Waals surface area contributed by atoms with E-state index in [1.165, 1.54) is 0 Å². The molecule has 2 rings (SSSR count). The van der Waals surface area contributed by atoms with Gasteiger partial charge in [-0.2, -0.15) is 0 Å².